The molecule has 0 spiro atoms. The number of anilines is 1. The summed E-state index contributed by atoms with van der Waals surface area (Å²) in [5, 5.41) is 11.5. The Morgan fingerprint density at radius 2 is 1.97 bits per heavy atom. The smallest absolute Gasteiger partial charge is 0.318 e. The van der Waals surface area contributed by atoms with E-state index in [1.54, 1.807) is 24.3 Å². The number of aliphatic hydroxyl groups is 1. The maximum Gasteiger partial charge on any atom is 0.318 e. The molecule has 0 aliphatic carbocycles. The summed E-state index contributed by atoms with van der Waals surface area (Å²) in [6.45, 7) is 1.62. The largest absolute Gasteiger partial charge is 0.468 e. The number of benzene rings is 2. The van der Waals surface area contributed by atoms with E-state index in [1.165, 1.54) is 12.0 Å². The Bertz CT molecular complexity index is 1140. The zero-order chi connectivity index (χ0) is 22.7. The minimum Gasteiger partial charge on any atom is -0.468 e. The molecule has 3 rings (SSSR count). The van der Waals surface area contributed by atoms with Crippen LogP contribution < -0.4 is 4.90 Å². The lowest BCUT2D eigenvalue weighted by Crippen LogP contribution is -2.31. The number of aliphatic hydroxyl groups excluding tert-OH is 1. The van der Waals surface area contributed by atoms with Gasteiger partial charge in [0, 0.05) is 17.3 Å². The first-order chi connectivity index (χ1) is 14.8. The molecule has 0 saturated carbocycles. The molecule has 1 heterocycles. The number of methoxy groups -OCH3 is 1. The van der Waals surface area contributed by atoms with Crippen LogP contribution in [0.5, 0.6) is 0 Å². The number of rotatable bonds is 8. The van der Waals surface area contributed by atoms with Crippen LogP contribution in [0.3, 0.4) is 0 Å². The number of ether oxygens (including phenoxy) is 1. The number of nitrogens with zero attached hydrogens (tertiary/aromatic N) is 2. The predicted octanol–water partition coefficient (Wildman–Crippen LogP) is 3.12. The lowest BCUT2D eigenvalue weighted by atomic mass is 10.1. The number of hydrogen-bond donors (Lipinski definition) is 1. The zero-order valence-electron chi connectivity index (χ0n) is 17.4. The van der Waals surface area contributed by atoms with E-state index in [0.29, 0.717) is 27.7 Å². The lowest BCUT2D eigenvalue weighted by molar-refractivity contribution is -0.137. The van der Waals surface area contributed by atoms with Gasteiger partial charge in [-0.2, -0.15) is 0 Å². The van der Waals surface area contributed by atoms with Gasteiger partial charge in [-0.05, 0) is 48.4 Å². The van der Waals surface area contributed by atoms with Crippen LogP contribution in [-0.2, 0) is 32.2 Å². The zero-order valence-corrected chi connectivity index (χ0v) is 18.9. The molecule has 0 aliphatic heterocycles. The van der Waals surface area contributed by atoms with Crippen molar-refractivity contribution in [2.75, 3.05) is 24.4 Å². The van der Waals surface area contributed by atoms with E-state index in [9.17, 15) is 18.9 Å². The van der Waals surface area contributed by atoms with E-state index in [-0.39, 0.29) is 12.4 Å². The molecule has 0 aliphatic rings. The number of hydrogen-bond acceptors (Lipinski definition) is 5. The second-order valence-electron chi connectivity index (χ2n) is 7.09. The highest BCUT2D eigenvalue weighted by Gasteiger charge is 2.24. The van der Waals surface area contributed by atoms with E-state index in [1.807, 2.05) is 36.7 Å². The number of aromatic nitrogens is 1. The number of halogens is 1. The minimum atomic E-state index is -1.54. The van der Waals surface area contributed by atoms with Crippen LogP contribution >= 0.6 is 11.6 Å². The monoisotopic (exact) mass is 462 g/mol. The molecule has 0 unspecified atom stereocenters. The Hall–Kier alpha value is -2.68. The Balaban J connectivity index is 1.95. The number of esters is 1. The van der Waals surface area contributed by atoms with Gasteiger partial charge in [-0.15, -0.1) is 0 Å². The van der Waals surface area contributed by atoms with E-state index in [0.717, 1.165) is 16.5 Å². The van der Waals surface area contributed by atoms with Crippen molar-refractivity contribution in [1.82, 2.24) is 4.57 Å². The van der Waals surface area contributed by atoms with Crippen LogP contribution in [0.25, 0.3) is 10.9 Å². The molecule has 0 fully saturated rings. The second kappa shape index (κ2) is 9.64. The van der Waals surface area contributed by atoms with Gasteiger partial charge >= 0.3 is 5.97 Å². The Morgan fingerprint density at radius 1 is 1.29 bits per heavy atom. The standard InChI is InChI=1S/C22H23ClN2O5S/c1-14-8-18(23)17-10-21(24(2)19(17)9-14)25(13-27)20(11-26)15-4-6-16(7-5-15)31(29)12-22(28)30-3/h4-10,13,20,26H,11-12H2,1-3H3/t20-,31+/m1/s1. The van der Waals surface area contributed by atoms with Crippen molar-refractivity contribution in [2.24, 2.45) is 7.05 Å². The highest BCUT2D eigenvalue weighted by molar-refractivity contribution is 7.85. The Kier molecular flexibility index (Phi) is 7.15. The molecule has 31 heavy (non-hydrogen) atoms. The summed E-state index contributed by atoms with van der Waals surface area (Å²) in [5.41, 5.74) is 2.52. The normalized spacial score (nSPS) is 13.1. The molecule has 2 atom stereocenters. The first-order valence-electron chi connectivity index (χ1n) is 9.46. The molecule has 1 aromatic heterocycles. The average Bonchev–Trinajstić information content (AvgIpc) is 3.08. The number of fused-ring (bicyclic) bond motifs is 1. The van der Waals surface area contributed by atoms with Crippen LogP contribution in [0.2, 0.25) is 5.02 Å². The van der Waals surface area contributed by atoms with Crippen molar-refractivity contribution in [3.05, 3.63) is 58.6 Å². The van der Waals surface area contributed by atoms with Crippen LogP contribution in [0.15, 0.2) is 47.4 Å². The molecule has 7 nitrogen and oxygen atoms in total. The van der Waals surface area contributed by atoms with Gasteiger partial charge in [0.25, 0.3) is 0 Å². The summed E-state index contributed by atoms with van der Waals surface area (Å²) in [5.74, 6) is -0.224. The summed E-state index contributed by atoms with van der Waals surface area (Å²) in [6, 6.07) is 11.6. The summed E-state index contributed by atoms with van der Waals surface area (Å²) >= 11 is 6.39. The third-order valence-corrected chi connectivity index (χ3v) is 6.73. The second-order valence-corrected chi connectivity index (χ2v) is 8.95. The van der Waals surface area contributed by atoms with Gasteiger partial charge in [0.2, 0.25) is 6.41 Å². The molecule has 1 N–H and O–H groups in total. The topological polar surface area (TPSA) is 88.8 Å². The highest BCUT2D eigenvalue weighted by atomic mass is 35.5. The molecule has 2 aromatic carbocycles. The maximum atomic E-state index is 12.3. The van der Waals surface area contributed by atoms with E-state index >= 15 is 0 Å². The van der Waals surface area contributed by atoms with Crippen molar-refractivity contribution < 1.29 is 23.6 Å². The molecular formula is C22H23ClN2O5S. The van der Waals surface area contributed by atoms with Gasteiger partial charge in [-0.1, -0.05) is 23.7 Å². The summed E-state index contributed by atoms with van der Waals surface area (Å²) in [6.07, 6.45) is 0.666. The number of carbonyl (C=O) groups excluding carboxylic acids is 2. The summed E-state index contributed by atoms with van der Waals surface area (Å²) in [7, 11) is 1.53. The molecule has 1 amide bonds. The summed E-state index contributed by atoms with van der Waals surface area (Å²) < 4.78 is 18.7. The maximum absolute atomic E-state index is 12.3. The number of amides is 1. The average molecular weight is 463 g/mol. The first-order valence-corrected chi connectivity index (χ1v) is 11.2. The van der Waals surface area contributed by atoms with Gasteiger partial charge in [0.1, 0.15) is 11.6 Å². The van der Waals surface area contributed by atoms with E-state index < -0.39 is 22.8 Å². The van der Waals surface area contributed by atoms with Crippen LogP contribution in [-0.4, -0.2) is 45.7 Å². The number of carbonyl (C=O) groups is 2. The fraction of sp³-hybridized carbons (Fsp3) is 0.273. The van der Waals surface area contributed by atoms with Crippen molar-refractivity contribution >= 4 is 51.5 Å². The van der Waals surface area contributed by atoms with Gasteiger partial charge < -0.3 is 14.4 Å². The van der Waals surface area contributed by atoms with Crippen molar-refractivity contribution in [2.45, 2.75) is 17.9 Å². The van der Waals surface area contributed by atoms with Crippen LogP contribution in [0, 0.1) is 6.92 Å². The molecule has 0 radical (unpaired) electrons. The molecular weight excluding hydrogens is 440 g/mol. The molecule has 0 bridgehead atoms. The molecule has 164 valence electrons. The van der Waals surface area contributed by atoms with Gasteiger partial charge in [0.05, 0.1) is 41.1 Å². The third-order valence-electron chi connectivity index (χ3n) is 5.12. The molecule has 3 aromatic rings. The Morgan fingerprint density at radius 3 is 2.55 bits per heavy atom. The van der Waals surface area contributed by atoms with Gasteiger partial charge in [0.15, 0.2) is 0 Å². The molecule has 0 saturated heterocycles. The quantitative estimate of drug-likeness (QED) is 0.410. The molecule has 9 heteroatoms. The predicted molar refractivity (Wildman–Crippen MR) is 121 cm³/mol. The van der Waals surface area contributed by atoms with Crippen molar-refractivity contribution in [3.8, 4) is 0 Å². The van der Waals surface area contributed by atoms with E-state index in [2.05, 4.69) is 4.74 Å². The van der Waals surface area contributed by atoms with Crippen molar-refractivity contribution in [1.29, 1.82) is 0 Å². The van der Waals surface area contributed by atoms with Crippen LogP contribution in [0.4, 0.5) is 5.82 Å². The fourth-order valence-electron chi connectivity index (χ4n) is 3.48. The van der Waals surface area contributed by atoms with Gasteiger partial charge in [-0.25, -0.2) is 0 Å². The lowest BCUT2D eigenvalue weighted by Gasteiger charge is -2.27. The Labute approximate surface area is 187 Å². The third kappa shape index (κ3) is 4.66. The van der Waals surface area contributed by atoms with Crippen LogP contribution in [0.1, 0.15) is 17.2 Å². The fourth-order valence-corrected chi connectivity index (χ4v) is 4.75. The van der Waals surface area contributed by atoms with E-state index in [4.69, 9.17) is 11.6 Å². The first kappa shape index (κ1) is 23.0. The van der Waals surface area contributed by atoms with Crippen molar-refractivity contribution in [3.63, 3.8) is 0 Å². The minimum absolute atomic E-state index is 0.240. The van der Waals surface area contributed by atoms with Gasteiger partial charge in [-0.3, -0.25) is 18.7 Å². The SMILES string of the molecule is COC(=O)C[S@](=O)c1ccc([C@@H](CO)N(C=O)c2cc3c(Cl)cc(C)cc3n2C)cc1. The summed E-state index contributed by atoms with van der Waals surface area (Å²) in [4.78, 5) is 25.3. The number of aryl methyl sites for hydroxylation is 2. The highest BCUT2D eigenvalue weighted by Crippen LogP contribution is 2.34.